The van der Waals surface area contributed by atoms with E-state index in [1.165, 1.54) is 0 Å². The number of hydrogen-bond acceptors (Lipinski definition) is 3. The zero-order chi connectivity index (χ0) is 15.9. The highest BCUT2D eigenvalue weighted by Gasteiger charge is 2.13. The van der Waals surface area contributed by atoms with Crippen LogP contribution >= 0.6 is 27.5 Å². The Morgan fingerprint density at radius 2 is 1.77 bits per heavy atom. The summed E-state index contributed by atoms with van der Waals surface area (Å²) in [5, 5.41) is 0.628. The number of carbonyl (C=O) groups is 1. The zero-order valence-electron chi connectivity index (χ0n) is 11.9. The van der Waals surface area contributed by atoms with Crippen molar-refractivity contribution in [1.82, 2.24) is 0 Å². The Labute approximate surface area is 142 Å². The van der Waals surface area contributed by atoms with Gasteiger partial charge in [-0.15, -0.1) is 0 Å². The van der Waals surface area contributed by atoms with Gasteiger partial charge in [-0.3, -0.25) is 0 Å². The van der Waals surface area contributed by atoms with Crippen molar-refractivity contribution in [2.24, 2.45) is 0 Å². The molecular formula is C17H14BrClO3. The van der Waals surface area contributed by atoms with Gasteiger partial charge in [-0.1, -0.05) is 39.7 Å². The van der Waals surface area contributed by atoms with Crippen molar-refractivity contribution in [3.8, 4) is 5.75 Å². The van der Waals surface area contributed by atoms with Crippen LogP contribution in [0.1, 0.15) is 12.5 Å². The van der Waals surface area contributed by atoms with Gasteiger partial charge >= 0.3 is 5.97 Å². The zero-order valence-corrected chi connectivity index (χ0v) is 14.2. The predicted octanol–water partition coefficient (Wildman–Crippen LogP) is 5.09. The maximum Gasteiger partial charge on any atom is 0.374 e. The van der Waals surface area contributed by atoms with Gasteiger partial charge < -0.3 is 9.47 Å². The summed E-state index contributed by atoms with van der Waals surface area (Å²) in [4.78, 5) is 12.0. The topological polar surface area (TPSA) is 35.5 Å². The molecule has 0 aromatic heterocycles. The normalized spacial score (nSPS) is 11.1. The molecule has 114 valence electrons. The van der Waals surface area contributed by atoms with Crippen LogP contribution in [0.5, 0.6) is 5.75 Å². The van der Waals surface area contributed by atoms with Crippen LogP contribution in [0.2, 0.25) is 5.02 Å². The quantitative estimate of drug-likeness (QED) is 0.411. The monoisotopic (exact) mass is 380 g/mol. The summed E-state index contributed by atoms with van der Waals surface area (Å²) < 4.78 is 11.6. The molecule has 3 nitrogen and oxygen atoms in total. The third-order valence-corrected chi connectivity index (χ3v) is 3.47. The van der Waals surface area contributed by atoms with Crippen LogP contribution in [0.3, 0.4) is 0 Å². The summed E-state index contributed by atoms with van der Waals surface area (Å²) in [5.41, 5.74) is 0.796. The minimum absolute atomic E-state index is 0.117. The van der Waals surface area contributed by atoms with E-state index < -0.39 is 5.97 Å². The predicted molar refractivity (Wildman–Crippen MR) is 90.8 cm³/mol. The standard InChI is InChI=1S/C17H14BrClO3/c1-2-21-17(20)16(11-12-3-7-14(19)8-4-12)22-15-9-5-13(18)6-10-15/h3-11H,2H2,1H3/b16-11-. The summed E-state index contributed by atoms with van der Waals surface area (Å²) in [7, 11) is 0. The second-order valence-corrected chi connectivity index (χ2v) is 5.69. The van der Waals surface area contributed by atoms with E-state index >= 15 is 0 Å². The molecule has 0 amide bonds. The Balaban J connectivity index is 2.27. The van der Waals surface area contributed by atoms with Crippen molar-refractivity contribution in [2.45, 2.75) is 6.92 Å². The molecule has 0 atom stereocenters. The van der Waals surface area contributed by atoms with Gasteiger partial charge in [0.05, 0.1) is 6.61 Å². The van der Waals surface area contributed by atoms with Crippen molar-refractivity contribution < 1.29 is 14.3 Å². The molecule has 2 aromatic carbocycles. The van der Waals surface area contributed by atoms with Gasteiger partial charge in [0, 0.05) is 9.50 Å². The molecule has 0 spiro atoms. The lowest BCUT2D eigenvalue weighted by molar-refractivity contribution is -0.140. The van der Waals surface area contributed by atoms with E-state index in [4.69, 9.17) is 21.1 Å². The van der Waals surface area contributed by atoms with E-state index in [9.17, 15) is 4.79 Å². The fourth-order valence-corrected chi connectivity index (χ4v) is 2.06. The van der Waals surface area contributed by atoms with Gasteiger partial charge in [0.25, 0.3) is 0 Å². The molecular weight excluding hydrogens is 368 g/mol. The first-order valence-electron chi connectivity index (χ1n) is 6.66. The van der Waals surface area contributed by atoms with Gasteiger partial charge in [-0.05, 0) is 55.0 Å². The summed E-state index contributed by atoms with van der Waals surface area (Å²) in [5.74, 6) is 0.156. The van der Waals surface area contributed by atoms with Crippen LogP contribution in [0.25, 0.3) is 6.08 Å². The highest BCUT2D eigenvalue weighted by molar-refractivity contribution is 9.10. The van der Waals surface area contributed by atoms with E-state index in [1.54, 1.807) is 49.4 Å². The Bertz CT molecular complexity index is 663. The second kappa shape index (κ2) is 8.01. The average molecular weight is 382 g/mol. The van der Waals surface area contributed by atoms with Crippen LogP contribution < -0.4 is 4.74 Å². The van der Waals surface area contributed by atoms with Crippen LogP contribution in [0.4, 0.5) is 0 Å². The molecule has 0 radical (unpaired) electrons. The van der Waals surface area contributed by atoms with Crippen molar-refractivity contribution in [3.63, 3.8) is 0 Å². The minimum Gasteiger partial charge on any atom is -0.460 e. The smallest absolute Gasteiger partial charge is 0.374 e. The summed E-state index contributed by atoms with van der Waals surface area (Å²) >= 11 is 9.21. The number of esters is 1. The largest absolute Gasteiger partial charge is 0.460 e. The number of benzene rings is 2. The summed E-state index contributed by atoms with van der Waals surface area (Å²) in [6, 6.07) is 14.3. The molecule has 0 aliphatic carbocycles. The molecule has 5 heteroatoms. The van der Waals surface area contributed by atoms with E-state index in [1.807, 2.05) is 12.1 Å². The maximum absolute atomic E-state index is 12.0. The molecule has 2 rings (SSSR count). The highest BCUT2D eigenvalue weighted by atomic mass is 79.9. The highest BCUT2D eigenvalue weighted by Crippen LogP contribution is 2.20. The number of carbonyl (C=O) groups excluding carboxylic acids is 1. The third-order valence-electron chi connectivity index (χ3n) is 2.69. The SMILES string of the molecule is CCOC(=O)/C(=C/c1ccc(Cl)cc1)Oc1ccc(Br)cc1. The van der Waals surface area contributed by atoms with Crippen LogP contribution in [0, 0.1) is 0 Å². The lowest BCUT2D eigenvalue weighted by atomic mass is 10.2. The van der Waals surface area contributed by atoms with E-state index in [2.05, 4.69) is 15.9 Å². The molecule has 0 N–H and O–H groups in total. The van der Waals surface area contributed by atoms with Crippen molar-refractivity contribution in [2.75, 3.05) is 6.61 Å². The van der Waals surface area contributed by atoms with Crippen LogP contribution in [0.15, 0.2) is 58.8 Å². The molecule has 0 aliphatic rings. The van der Waals surface area contributed by atoms with Gasteiger partial charge in [0.1, 0.15) is 5.75 Å². The van der Waals surface area contributed by atoms with Crippen LogP contribution in [-0.4, -0.2) is 12.6 Å². The fraction of sp³-hybridized carbons (Fsp3) is 0.118. The van der Waals surface area contributed by atoms with Crippen molar-refractivity contribution in [3.05, 3.63) is 69.3 Å². The molecule has 0 aliphatic heterocycles. The molecule has 2 aromatic rings. The Kier molecular flexibility index (Phi) is 6.04. The van der Waals surface area contributed by atoms with E-state index in [0.717, 1.165) is 10.0 Å². The molecule has 0 fully saturated rings. The summed E-state index contributed by atoms with van der Waals surface area (Å²) in [6.07, 6.45) is 1.62. The number of rotatable bonds is 5. The number of ether oxygens (including phenoxy) is 2. The molecule has 0 saturated heterocycles. The summed E-state index contributed by atoms with van der Waals surface area (Å²) in [6.45, 7) is 2.03. The lowest BCUT2D eigenvalue weighted by Crippen LogP contribution is -2.12. The molecule has 0 unspecified atom stereocenters. The van der Waals surface area contributed by atoms with Gasteiger partial charge in [0.2, 0.25) is 5.76 Å². The Morgan fingerprint density at radius 3 is 2.36 bits per heavy atom. The lowest BCUT2D eigenvalue weighted by Gasteiger charge is -2.09. The third kappa shape index (κ3) is 4.90. The first-order chi connectivity index (χ1) is 10.6. The van der Waals surface area contributed by atoms with Gasteiger partial charge in [-0.2, -0.15) is 0 Å². The minimum atomic E-state index is -0.514. The van der Waals surface area contributed by atoms with Gasteiger partial charge in [0.15, 0.2) is 0 Å². The molecule has 0 heterocycles. The van der Waals surface area contributed by atoms with Gasteiger partial charge in [-0.25, -0.2) is 4.79 Å². The van der Waals surface area contributed by atoms with Crippen LogP contribution in [-0.2, 0) is 9.53 Å². The molecule has 0 saturated carbocycles. The second-order valence-electron chi connectivity index (χ2n) is 4.34. The first-order valence-corrected chi connectivity index (χ1v) is 7.83. The Hall–Kier alpha value is -1.78. The van der Waals surface area contributed by atoms with E-state index in [0.29, 0.717) is 10.8 Å². The van der Waals surface area contributed by atoms with Crippen molar-refractivity contribution in [1.29, 1.82) is 0 Å². The number of halogens is 2. The van der Waals surface area contributed by atoms with Crippen molar-refractivity contribution >= 4 is 39.6 Å². The molecule has 0 bridgehead atoms. The average Bonchev–Trinajstić information content (AvgIpc) is 2.51. The Morgan fingerprint density at radius 1 is 1.14 bits per heavy atom. The molecule has 22 heavy (non-hydrogen) atoms. The van der Waals surface area contributed by atoms with E-state index in [-0.39, 0.29) is 12.4 Å². The first kappa shape index (κ1) is 16.6. The maximum atomic E-state index is 12.0. The fourth-order valence-electron chi connectivity index (χ4n) is 1.67. The number of hydrogen-bond donors (Lipinski definition) is 0.